The lowest BCUT2D eigenvalue weighted by atomic mass is 10.1. The van der Waals surface area contributed by atoms with Crippen LogP contribution in [0.5, 0.6) is 0 Å². The number of aliphatic hydroxyl groups excluding tert-OH is 1. The van der Waals surface area contributed by atoms with Crippen LogP contribution in [0.3, 0.4) is 0 Å². The Labute approximate surface area is 145 Å². The number of aliphatic carboxylic acids is 1. The van der Waals surface area contributed by atoms with Gasteiger partial charge in [-0.3, -0.25) is 0 Å². The molecule has 0 radical (unpaired) electrons. The highest BCUT2D eigenvalue weighted by molar-refractivity contribution is 5.64. The van der Waals surface area contributed by atoms with E-state index in [1.807, 2.05) is 48.6 Å². The fraction of sp³-hybridized carbons (Fsp3) is 0.550. The number of carboxylic acids is 1. The van der Waals surface area contributed by atoms with E-state index in [9.17, 15) is 15.0 Å². The number of hydrogen-bond acceptors (Lipinski definition) is 4. The van der Waals surface area contributed by atoms with Gasteiger partial charge in [0, 0.05) is 5.97 Å². The van der Waals surface area contributed by atoms with Crippen molar-refractivity contribution in [3.63, 3.8) is 0 Å². The van der Waals surface area contributed by atoms with Gasteiger partial charge in [-0.25, -0.2) is 0 Å². The zero-order chi connectivity index (χ0) is 17.6. The third-order valence-corrected chi connectivity index (χ3v) is 3.78. The first-order chi connectivity index (χ1) is 11.6. The first-order valence-corrected chi connectivity index (χ1v) is 8.85. The first kappa shape index (κ1) is 20.4. The highest BCUT2D eigenvalue weighted by Gasteiger charge is 2.35. The van der Waals surface area contributed by atoms with Crippen LogP contribution in [0.15, 0.2) is 48.6 Å². The van der Waals surface area contributed by atoms with Crippen LogP contribution in [0.4, 0.5) is 0 Å². The molecule has 1 saturated heterocycles. The molecule has 24 heavy (non-hydrogen) atoms. The van der Waals surface area contributed by atoms with Gasteiger partial charge < -0.3 is 19.7 Å². The Morgan fingerprint density at radius 3 is 2.54 bits per heavy atom. The van der Waals surface area contributed by atoms with E-state index < -0.39 is 5.97 Å². The van der Waals surface area contributed by atoms with Gasteiger partial charge in [0.25, 0.3) is 0 Å². The second kappa shape index (κ2) is 12.7. The van der Waals surface area contributed by atoms with E-state index in [1.165, 1.54) is 6.42 Å². The van der Waals surface area contributed by atoms with Gasteiger partial charge in [-0.1, -0.05) is 74.8 Å². The smallest absolute Gasteiger partial charge is 0.103 e. The molecule has 3 atom stereocenters. The van der Waals surface area contributed by atoms with Crippen molar-refractivity contribution < 1.29 is 19.7 Å². The number of unbranched alkanes of at least 4 members (excludes halogenated alkanes) is 2. The van der Waals surface area contributed by atoms with Crippen molar-refractivity contribution in [2.24, 2.45) is 0 Å². The molecule has 0 spiro atoms. The molecule has 0 aromatic heterocycles. The minimum absolute atomic E-state index is 0.0990. The lowest BCUT2D eigenvalue weighted by Gasteiger charge is -2.02. The topological polar surface area (TPSA) is 72.9 Å². The predicted molar refractivity (Wildman–Crippen MR) is 94.2 cm³/mol. The minimum Gasteiger partial charge on any atom is -0.550 e. The molecule has 1 aliphatic rings. The summed E-state index contributed by atoms with van der Waals surface area (Å²) in [6, 6.07) is 0. The summed E-state index contributed by atoms with van der Waals surface area (Å²) in [4.78, 5) is 10.3. The maximum Gasteiger partial charge on any atom is 0.103 e. The normalized spacial score (nSPS) is 22.2. The SMILES string of the molecule is CCCCC[C@@H](O)/C=C/C=C\C=C\C=C\[C@@H]1O[C@@H]1CCCC(=O)[O-]. The zero-order valence-corrected chi connectivity index (χ0v) is 14.5. The summed E-state index contributed by atoms with van der Waals surface area (Å²) in [7, 11) is 0. The van der Waals surface area contributed by atoms with E-state index in [1.54, 1.807) is 0 Å². The summed E-state index contributed by atoms with van der Waals surface area (Å²) in [6.45, 7) is 2.15. The molecular formula is C20H29O4-. The van der Waals surface area contributed by atoms with Crippen molar-refractivity contribution in [2.45, 2.75) is 70.2 Å². The number of carbonyl (C=O) groups excluding carboxylic acids is 1. The van der Waals surface area contributed by atoms with E-state index in [2.05, 4.69) is 6.92 Å². The minimum atomic E-state index is -1.00. The molecule has 1 heterocycles. The van der Waals surface area contributed by atoms with Crippen LogP contribution in [-0.4, -0.2) is 29.4 Å². The lowest BCUT2D eigenvalue weighted by molar-refractivity contribution is -0.305. The predicted octanol–water partition coefficient (Wildman–Crippen LogP) is 2.84. The van der Waals surface area contributed by atoms with Crippen molar-refractivity contribution >= 4 is 5.97 Å². The molecule has 1 aliphatic heterocycles. The summed E-state index contributed by atoms with van der Waals surface area (Å²) in [5, 5.41) is 20.0. The molecule has 0 saturated carbocycles. The fourth-order valence-electron chi connectivity index (χ4n) is 2.33. The second-order valence-electron chi connectivity index (χ2n) is 6.01. The van der Waals surface area contributed by atoms with Gasteiger partial charge in [-0.05, 0) is 25.7 Å². The van der Waals surface area contributed by atoms with E-state index in [-0.39, 0.29) is 24.7 Å². The van der Waals surface area contributed by atoms with Crippen LogP contribution < -0.4 is 5.11 Å². The number of hydrogen-bond donors (Lipinski definition) is 1. The van der Waals surface area contributed by atoms with Gasteiger partial charge in [0.05, 0.1) is 12.2 Å². The van der Waals surface area contributed by atoms with Gasteiger partial charge in [-0.2, -0.15) is 0 Å². The van der Waals surface area contributed by atoms with Gasteiger partial charge in [0.15, 0.2) is 0 Å². The first-order valence-electron chi connectivity index (χ1n) is 8.85. The van der Waals surface area contributed by atoms with Gasteiger partial charge in [0.2, 0.25) is 0 Å². The highest BCUT2D eigenvalue weighted by Crippen LogP contribution is 2.28. The molecule has 0 unspecified atom stereocenters. The molecule has 0 amide bonds. The third-order valence-electron chi connectivity index (χ3n) is 3.78. The average molecular weight is 333 g/mol. The van der Waals surface area contributed by atoms with Crippen molar-refractivity contribution in [3.8, 4) is 0 Å². The molecule has 0 aromatic rings. The van der Waals surface area contributed by atoms with Gasteiger partial charge >= 0.3 is 0 Å². The van der Waals surface area contributed by atoms with Gasteiger partial charge in [0.1, 0.15) is 6.10 Å². The van der Waals surface area contributed by atoms with E-state index in [4.69, 9.17) is 4.74 Å². The molecular weight excluding hydrogens is 304 g/mol. The molecule has 134 valence electrons. The number of rotatable bonds is 13. The van der Waals surface area contributed by atoms with Crippen molar-refractivity contribution in [1.82, 2.24) is 0 Å². The maximum absolute atomic E-state index is 10.3. The Bertz CT molecular complexity index is 462. The summed E-state index contributed by atoms with van der Waals surface area (Å²) in [5.41, 5.74) is 0. The molecule has 0 bridgehead atoms. The summed E-state index contributed by atoms with van der Waals surface area (Å²) < 4.78 is 5.42. The van der Waals surface area contributed by atoms with Crippen molar-refractivity contribution in [1.29, 1.82) is 0 Å². The zero-order valence-electron chi connectivity index (χ0n) is 14.5. The Balaban J connectivity index is 2.07. The average Bonchev–Trinajstić information content (AvgIpc) is 3.28. The lowest BCUT2D eigenvalue weighted by Crippen LogP contribution is -2.21. The Morgan fingerprint density at radius 2 is 1.83 bits per heavy atom. The maximum atomic E-state index is 10.3. The molecule has 1 N–H and O–H groups in total. The quantitative estimate of drug-likeness (QED) is 0.319. The van der Waals surface area contributed by atoms with Crippen LogP contribution in [-0.2, 0) is 9.53 Å². The van der Waals surface area contributed by atoms with Crippen LogP contribution in [0.25, 0.3) is 0 Å². The fourth-order valence-corrected chi connectivity index (χ4v) is 2.33. The molecule has 1 rings (SSSR count). The molecule has 4 heteroatoms. The number of ether oxygens (including phenoxy) is 1. The Morgan fingerprint density at radius 1 is 1.12 bits per heavy atom. The molecule has 0 aromatic carbocycles. The van der Waals surface area contributed by atoms with Crippen LogP contribution in [0.2, 0.25) is 0 Å². The van der Waals surface area contributed by atoms with Gasteiger partial charge in [-0.15, -0.1) is 0 Å². The highest BCUT2D eigenvalue weighted by atomic mass is 16.6. The van der Waals surface area contributed by atoms with Crippen molar-refractivity contribution in [3.05, 3.63) is 48.6 Å². The number of carbonyl (C=O) groups is 1. The van der Waals surface area contributed by atoms with E-state index >= 15 is 0 Å². The second-order valence-corrected chi connectivity index (χ2v) is 6.01. The standard InChI is InChI=1S/C20H30O4/c1-2-3-8-12-17(21)13-9-6-4-5-7-10-14-18-19(24-18)15-11-16-20(22)23/h4-7,9-10,13-14,17-19,21H,2-3,8,11-12,15-16H2,1H3,(H,22,23)/p-1/b6-4-,7-5+,13-9+,14-10+/t17-,18+,19-/m1/s1. The van der Waals surface area contributed by atoms with Crippen LogP contribution >= 0.6 is 0 Å². The summed E-state index contributed by atoms with van der Waals surface area (Å²) in [5.74, 6) is -1.00. The van der Waals surface area contributed by atoms with Crippen molar-refractivity contribution in [2.75, 3.05) is 0 Å². The monoisotopic (exact) mass is 333 g/mol. The van der Waals surface area contributed by atoms with E-state index in [0.717, 1.165) is 25.7 Å². The summed E-state index contributed by atoms with van der Waals surface area (Å²) in [6.07, 6.45) is 20.8. The van der Waals surface area contributed by atoms with Crippen LogP contribution in [0, 0.1) is 0 Å². The molecule has 0 aliphatic carbocycles. The molecule has 4 nitrogen and oxygen atoms in total. The Kier molecular flexibility index (Phi) is 10.8. The molecule has 1 fully saturated rings. The number of aliphatic hydroxyl groups is 1. The number of allylic oxidation sites excluding steroid dienone is 6. The van der Waals surface area contributed by atoms with E-state index in [0.29, 0.717) is 6.42 Å². The largest absolute Gasteiger partial charge is 0.550 e. The van der Waals surface area contributed by atoms with Crippen LogP contribution in [0.1, 0.15) is 51.9 Å². The summed E-state index contributed by atoms with van der Waals surface area (Å²) >= 11 is 0. The number of carboxylic acid groups (broad SMARTS) is 1. The number of epoxide rings is 1. The third kappa shape index (κ3) is 11.0. The Hall–Kier alpha value is -1.65.